The molecule has 0 saturated carbocycles. The lowest BCUT2D eigenvalue weighted by atomic mass is 9.86. The summed E-state index contributed by atoms with van der Waals surface area (Å²) in [5.74, 6) is 0. The Kier molecular flexibility index (Phi) is 7.15. The second-order valence-corrected chi connectivity index (χ2v) is 16.1. The Balaban J connectivity index is 1.04. The van der Waals surface area contributed by atoms with Gasteiger partial charge in [0.15, 0.2) is 0 Å². The Hall–Kier alpha value is -6.90. The predicted molar refractivity (Wildman–Crippen MR) is 238 cm³/mol. The number of fused-ring (bicyclic) bond motifs is 8. The monoisotopic (exact) mass is 717 g/mol. The largest absolute Gasteiger partial charge is 0.456 e. The molecule has 0 spiro atoms. The van der Waals surface area contributed by atoms with Crippen LogP contribution in [0.3, 0.4) is 0 Å². The van der Waals surface area contributed by atoms with E-state index in [0.29, 0.717) is 0 Å². The van der Waals surface area contributed by atoms with Gasteiger partial charge in [-0.1, -0.05) is 148 Å². The SMILES string of the molecule is CC(C)(C)c1ccc2oc3ccc(-c4ccc5c(c4)c4ccccc4n5-c4ccc(-c5c6ccccc6c(-c6ccccc6)c6ccccc56)cc4)cc3c2c1. The molecule has 2 aromatic heterocycles. The molecule has 0 amide bonds. The van der Waals surface area contributed by atoms with Gasteiger partial charge >= 0.3 is 0 Å². The lowest BCUT2D eigenvalue weighted by Crippen LogP contribution is -2.10. The number of nitrogens with zero attached hydrogens (tertiary/aromatic N) is 1. The van der Waals surface area contributed by atoms with Crippen LogP contribution in [-0.2, 0) is 5.41 Å². The van der Waals surface area contributed by atoms with Crippen LogP contribution in [0.15, 0.2) is 186 Å². The van der Waals surface area contributed by atoms with Gasteiger partial charge in [0.2, 0.25) is 0 Å². The van der Waals surface area contributed by atoms with Crippen molar-refractivity contribution in [2.75, 3.05) is 0 Å². The molecule has 0 radical (unpaired) electrons. The number of para-hydroxylation sites is 1. The minimum absolute atomic E-state index is 0.0614. The van der Waals surface area contributed by atoms with Crippen LogP contribution in [0.4, 0.5) is 0 Å². The minimum Gasteiger partial charge on any atom is -0.456 e. The molecule has 0 aliphatic carbocycles. The van der Waals surface area contributed by atoms with Crippen molar-refractivity contribution in [2.24, 2.45) is 0 Å². The van der Waals surface area contributed by atoms with E-state index in [1.54, 1.807) is 0 Å². The predicted octanol–water partition coefficient (Wildman–Crippen LogP) is 15.3. The summed E-state index contributed by atoms with van der Waals surface area (Å²) >= 11 is 0. The van der Waals surface area contributed by atoms with Crippen molar-refractivity contribution in [1.82, 2.24) is 4.57 Å². The van der Waals surface area contributed by atoms with Gasteiger partial charge < -0.3 is 8.98 Å². The van der Waals surface area contributed by atoms with Crippen molar-refractivity contribution < 1.29 is 4.42 Å². The van der Waals surface area contributed by atoms with Crippen LogP contribution < -0.4 is 0 Å². The van der Waals surface area contributed by atoms with Gasteiger partial charge in [-0.25, -0.2) is 0 Å². The van der Waals surface area contributed by atoms with Gasteiger partial charge in [-0.3, -0.25) is 0 Å². The molecule has 9 aromatic carbocycles. The molecule has 2 nitrogen and oxygen atoms in total. The molecule has 0 unspecified atom stereocenters. The molecule has 0 fully saturated rings. The zero-order chi connectivity index (χ0) is 37.5. The van der Waals surface area contributed by atoms with Crippen LogP contribution in [0.2, 0.25) is 0 Å². The summed E-state index contributed by atoms with van der Waals surface area (Å²) in [7, 11) is 0. The average molecular weight is 718 g/mol. The van der Waals surface area contributed by atoms with Crippen molar-refractivity contribution in [2.45, 2.75) is 26.2 Å². The minimum atomic E-state index is 0.0614. The van der Waals surface area contributed by atoms with E-state index in [1.807, 2.05) is 0 Å². The standard InChI is InChI=1S/C54H39NO/c1-54(2,3)38-25-30-51-47(33-38)46-32-37(24-29-50(46)56-51)36-23-28-49-45(31-36)40-15-11-12-20-48(40)55(49)39-26-21-35(22-27-39)53-43-18-9-7-16-41(43)52(34-13-5-4-6-14-34)42-17-8-10-19-44(42)53/h4-33H,1-3H3. The molecular weight excluding hydrogens is 679 g/mol. The number of hydrogen-bond acceptors (Lipinski definition) is 1. The first-order chi connectivity index (χ1) is 27.4. The summed E-state index contributed by atoms with van der Waals surface area (Å²) in [5, 5.41) is 9.87. The zero-order valence-corrected chi connectivity index (χ0v) is 31.7. The molecule has 0 bridgehead atoms. The molecular formula is C54H39NO. The molecule has 0 atom stereocenters. The second kappa shape index (κ2) is 12.3. The van der Waals surface area contributed by atoms with Crippen LogP contribution in [0, 0.1) is 0 Å². The third-order valence-corrected chi connectivity index (χ3v) is 11.7. The van der Waals surface area contributed by atoms with Gasteiger partial charge in [0.05, 0.1) is 11.0 Å². The highest BCUT2D eigenvalue weighted by molar-refractivity contribution is 6.21. The highest BCUT2D eigenvalue weighted by Gasteiger charge is 2.19. The molecule has 2 heteroatoms. The molecule has 11 rings (SSSR count). The lowest BCUT2D eigenvalue weighted by Gasteiger charge is -2.18. The maximum atomic E-state index is 6.29. The van der Waals surface area contributed by atoms with E-state index in [-0.39, 0.29) is 5.41 Å². The van der Waals surface area contributed by atoms with E-state index in [1.165, 1.54) is 87.7 Å². The fourth-order valence-corrected chi connectivity index (χ4v) is 8.99. The summed E-state index contributed by atoms with van der Waals surface area (Å²) < 4.78 is 8.70. The molecule has 2 heterocycles. The van der Waals surface area contributed by atoms with Crippen molar-refractivity contribution >= 4 is 65.3 Å². The van der Waals surface area contributed by atoms with Crippen molar-refractivity contribution in [3.63, 3.8) is 0 Å². The maximum absolute atomic E-state index is 6.29. The van der Waals surface area contributed by atoms with Crippen molar-refractivity contribution in [3.8, 4) is 39.1 Å². The van der Waals surface area contributed by atoms with Crippen LogP contribution in [0.5, 0.6) is 0 Å². The first-order valence-electron chi connectivity index (χ1n) is 19.5. The normalized spacial score (nSPS) is 12.2. The topological polar surface area (TPSA) is 18.1 Å². The maximum Gasteiger partial charge on any atom is 0.135 e. The number of hydrogen-bond donors (Lipinski definition) is 0. The van der Waals surface area contributed by atoms with E-state index in [2.05, 4.69) is 207 Å². The van der Waals surface area contributed by atoms with E-state index < -0.39 is 0 Å². The second-order valence-electron chi connectivity index (χ2n) is 16.1. The van der Waals surface area contributed by atoms with Gasteiger partial charge in [-0.2, -0.15) is 0 Å². The highest BCUT2D eigenvalue weighted by atomic mass is 16.3. The lowest BCUT2D eigenvalue weighted by molar-refractivity contribution is 0.590. The number of benzene rings is 9. The van der Waals surface area contributed by atoms with E-state index in [4.69, 9.17) is 4.42 Å². The third kappa shape index (κ3) is 5.03. The first kappa shape index (κ1) is 32.5. The molecule has 0 aliphatic rings. The van der Waals surface area contributed by atoms with Crippen LogP contribution in [0.25, 0.3) is 104 Å². The number of aromatic nitrogens is 1. The van der Waals surface area contributed by atoms with Gasteiger partial charge in [-0.15, -0.1) is 0 Å². The first-order valence-corrected chi connectivity index (χ1v) is 19.5. The van der Waals surface area contributed by atoms with E-state index in [9.17, 15) is 0 Å². The average Bonchev–Trinajstić information content (AvgIpc) is 3.77. The quantitative estimate of drug-likeness (QED) is 0.166. The van der Waals surface area contributed by atoms with Crippen LogP contribution in [0.1, 0.15) is 26.3 Å². The third-order valence-electron chi connectivity index (χ3n) is 11.7. The summed E-state index contributed by atoms with van der Waals surface area (Å²) in [6.07, 6.45) is 0. The Bertz CT molecular complexity index is 3260. The van der Waals surface area contributed by atoms with E-state index >= 15 is 0 Å². The van der Waals surface area contributed by atoms with Crippen LogP contribution >= 0.6 is 0 Å². The molecule has 266 valence electrons. The smallest absolute Gasteiger partial charge is 0.135 e. The molecule has 0 aliphatic heterocycles. The van der Waals surface area contributed by atoms with Crippen molar-refractivity contribution in [3.05, 3.63) is 188 Å². The van der Waals surface area contributed by atoms with Crippen molar-refractivity contribution in [1.29, 1.82) is 0 Å². The Morgan fingerprint density at radius 3 is 1.45 bits per heavy atom. The zero-order valence-electron chi connectivity index (χ0n) is 31.7. The number of rotatable bonds is 4. The fraction of sp³-hybridized carbons (Fsp3) is 0.0741. The molecule has 56 heavy (non-hydrogen) atoms. The van der Waals surface area contributed by atoms with Gasteiger partial charge in [0, 0.05) is 27.2 Å². The van der Waals surface area contributed by atoms with Gasteiger partial charge in [0.25, 0.3) is 0 Å². The molecule has 0 saturated heterocycles. The fourth-order valence-electron chi connectivity index (χ4n) is 8.99. The number of furan rings is 1. The molecule has 0 N–H and O–H groups in total. The Morgan fingerprint density at radius 2 is 0.821 bits per heavy atom. The van der Waals surface area contributed by atoms with E-state index in [0.717, 1.165) is 22.2 Å². The summed E-state index contributed by atoms with van der Waals surface area (Å²) in [6, 6.07) is 66.6. The van der Waals surface area contributed by atoms with Gasteiger partial charge in [-0.05, 0) is 121 Å². The highest BCUT2D eigenvalue weighted by Crippen LogP contribution is 2.44. The van der Waals surface area contributed by atoms with Crippen LogP contribution in [-0.4, -0.2) is 4.57 Å². The molecule has 11 aromatic rings. The Morgan fingerprint density at radius 1 is 0.357 bits per heavy atom. The summed E-state index contributed by atoms with van der Waals surface area (Å²) in [4.78, 5) is 0. The Labute approximate surface area is 325 Å². The summed E-state index contributed by atoms with van der Waals surface area (Å²) in [5.41, 5.74) is 14.1. The van der Waals surface area contributed by atoms with Gasteiger partial charge in [0.1, 0.15) is 11.2 Å². The summed E-state index contributed by atoms with van der Waals surface area (Å²) in [6.45, 7) is 6.78.